The van der Waals surface area contributed by atoms with Crippen LogP contribution in [0.3, 0.4) is 0 Å². The Hall–Kier alpha value is -1.36. The van der Waals surface area contributed by atoms with E-state index < -0.39 is 10.0 Å². The van der Waals surface area contributed by atoms with Gasteiger partial charge in [-0.25, -0.2) is 13.4 Å². The van der Waals surface area contributed by atoms with Crippen LogP contribution in [0.4, 0.5) is 0 Å². The van der Waals surface area contributed by atoms with Crippen molar-refractivity contribution in [2.45, 2.75) is 37.2 Å². The molecule has 2 aliphatic rings. The zero-order valence-electron chi connectivity index (χ0n) is 14.9. The third-order valence-electron chi connectivity index (χ3n) is 4.81. The van der Waals surface area contributed by atoms with Crippen LogP contribution >= 0.6 is 23.1 Å². The fourth-order valence-corrected chi connectivity index (χ4v) is 7.29. The Morgan fingerprint density at radius 2 is 2.04 bits per heavy atom. The van der Waals surface area contributed by atoms with E-state index in [1.54, 1.807) is 17.1 Å². The Labute approximate surface area is 167 Å². The topological polar surface area (TPSA) is 84.3 Å². The molecule has 4 heterocycles. The molecule has 1 fully saturated rings. The average Bonchev–Trinajstić information content (AvgIpc) is 3.34. The molecule has 0 bridgehead atoms. The molecule has 7 nitrogen and oxygen atoms in total. The molecule has 146 valence electrons. The maximum Gasteiger partial charge on any atom is 0.263 e. The van der Waals surface area contributed by atoms with Crippen LogP contribution in [0, 0.1) is 0 Å². The number of imidazole rings is 1. The monoisotopic (exact) mass is 426 g/mol. The van der Waals surface area contributed by atoms with Gasteiger partial charge in [-0.3, -0.25) is 4.79 Å². The summed E-state index contributed by atoms with van der Waals surface area (Å²) in [6.45, 7) is 2.25. The molecule has 4 rings (SSSR count). The number of rotatable bonds is 5. The first kappa shape index (κ1) is 19.0. The summed E-state index contributed by atoms with van der Waals surface area (Å²) in [5, 5.41) is 4.50. The van der Waals surface area contributed by atoms with Crippen LogP contribution in [-0.4, -0.2) is 52.8 Å². The summed E-state index contributed by atoms with van der Waals surface area (Å²) in [4.78, 5) is 17.6. The van der Waals surface area contributed by atoms with Crippen molar-refractivity contribution in [3.05, 3.63) is 34.0 Å². The molecular weight excluding hydrogens is 404 g/mol. The van der Waals surface area contributed by atoms with Crippen molar-refractivity contribution < 1.29 is 13.2 Å². The normalized spacial score (nSPS) is 18.2. The first-order valence-electron chi connectivity index (χ1n) is 9.04. The summed E-state index contributed by atoms with van der Waals surface area (Å²) in [6.07, 6.45) is 5.25. The highest BCUT2D eigenvalue weighted by Crippen LogP contribution is 2.27. The van der Waals surface area contributed by atoms with Gasteiger partial charge in [0, 0.05) is 43.8 Å². The summed E-state index contributed by atoms with van der Waals surface area (Å²) >= 11 is 2.91. The molecule has 0 aliphatic carbocycles. The summed E-state index contributed by atoms with van der Waals surface area (Å²) in [5.41, 5.74) is 0.814. The van der Waals surface area contributed by atoms with Crippen molar-refractivity contribution in [3.63, 3.8) is 0 Å². The SMILES string of the molecule is O=C(NCc1cn2c(n1)CCCC2)c1sccc1S(=O)(=O)N1CCSCC1. The predicted octanol–water partition coefficient (Wildman–Crippen LogP) is 1.95. The number of sulfonamides is 1. The number of thiophene rings is 1. The van der Waals surface area contributed by atoms with E-state index >= 15 is 0 Å². The molecule has 0 unspecified atom stereocenters. The van der Waals surface area contributed by atoms with E-state index in [0.717, 1.165) is 60.2 Å². The van der Waals surface area contributed by atoms with Crippen LogP contribution < -0.4 is 5.32 Å². The van der Waals surface area contributed by atoms with Gasteiger partial charge in [0.2, 0.25) is 10.0 Å². The number of amides is 1. The van der Waals surface area contributed by atoms with Gasteiger partial charge in [0.15, 0.2) is 0 Å². The second kappa shape index (κ2) is 7.94. The molecule has 2 aromatic heterocycles. The largest absolute Gasteiger partial charge is 0.346 e. The highest BCUT2D eigenvalue weighted by Gasteiger charge is 2.31. The van der Waals surface area contributed by atoms with Crippen LogP contribution in [-0.2, 0) is 29.5 Å². The molecule has 1 amide bonds. The number of carbonyl (C=O) groups excluding carboxylic acids is 1. The molecule has 0 atom stereocenters. The van der Waals surface area contributed by atoms with Crippen LogP contribution in [0.1, 0.15) is 34.0 Å². The van der Waals surface area contributed by atoms with Crippen molar-refractivity contribution in [1.29, 1.82) is 0 Å². The van der Waals surface area contributed by atoms with Crippen molar-refractivity contribution in [2.24, 2.45) is 0 Å². The van der Waals surface area contributed by atoms with Gasteiger partial charge in [0.1, 0.15) is 15.6 Å². The molecule has 0 radical (unpaired) electrons. The predicted molar refractivity (Wildman–Crippen MR) is 107 cm³/mol. The van der Waals surface area contributed by atoms with E-state index in [0.29, 0.717) is 19.6 Å². The second-order valence-corrected chi connectivity index (χ2v) is 10.7. The number of thioether (sulfide) groups is 1. The Morgan fingerprint density at radius 1 is 1.22 bits per heavy atom. The van der Waals surface area contributed by atoms with Gasteiger partial charge < -0.3 is 9.88 Å². The van der Waals surface area contributed by atoms with Gasteiger partial charge in [-0.2, -0.15) is 16.1 Å². The standard InChI is InChI=1S/C17H22N4O3S3/c22-17(18-11-13-12-20-5-2-1-3-15(20)19-13)16-14(4-8-26-16)27(23,24)21-6-9-25-10-7-21/h4,8,12H,1-3,5-7,9-11H2,(H,18,22). The lowest BCUT2D eigenvalue weighted by atomic mass is 10.2. The lowest BCUT2D eigenvalue weighted by Crippen LogP contribution is -2.38. The van der Waals surface area contributed by atoms with E-state index in [1.807, 2.05) is 6.20 Å². The van der Waals surface area contributed by atoms with Gasteiger partial charge in [-0.1, -0.05) is 0 Å². The molecule has 2 aromatic rings. The lowest BCUT2D eigenvalue weighted by Gasteiger charge is -2.25. The van der Waals surface area contributed by atoms with Crippen molar-refractivity contribution in [3.8, 4) is 0 Å². The van der Waals surface area contributed by atoms with Gasteiger partial charge in [0.25, 0.3) is 5.91 Å². The zero-order chi connectivity index (χ0) is 18.9. The molecule has 2 aliphatic heterocycles. The highest BCUT2D eigenvalue weighted by atomic mass is 32.2. The lowest BCUT2D eigenvalue weighted by molar-refractivity contribution is 0.0951. The number of hydrogen-bond acceptors (Lipinski definition) is 6. The Balaban J connectivity index is 1.47. The number of aryl methyl sites for hydroxylation is 2. The van der Waals surface area contributed by atoms with E-state index in [2.05, 4.69) is 14.9 Å². The van der Waals surface area contributed by atoms with Crippen molar-refractivity contribution >= 4 is 39.0 Å². The molecule has 0 saturated carbocycles. The first-order valence-corrected chi connectivity index (χ1v) is 12.5. The van der Waals surface area contributed by atoms with Crippen LogP contribution in [0.15, 0.2) is 22.5 Å². The third-order valence-corrected chi connectivity index (χ3v) is 8.74. The van der Waals surface area contributed by atoms with Gasteiger partial charge in [-0.05, 0) is 24.3 Å². The Morgan fingerprint density at radius 3 is 2.81 bits per heavy atom. The van der Waals surface area contributed by atoms with Crippen molar-refractivity contribution in [2.75, 3.05) is 24.6 Å². The molecule has 27 heavy (non-hydrogen) atoms. The quantitative estimate of drug-likeness (QED) is 0.790. The molecule has 1 N–H and O–H groups in total. The van der Waals surface area contributed by atoms with Gasteiger partial charge in [0.05, 0.1) is 12.2 Å². The molecule has 10 heteroatoms. The maximum atomic E-state index is 12.9. The summed E-state index contributed by atoms with van der Waals surface area (Å²) in [7, 11) is -3.63. The molecular formula is C17H22N4O3S3. The minimum atomic E-state index is -3.63. The van der Waals surface area contributed by atoms with Crippen molar-refractivity contribution in [1.82, 2.24) is 19.2 Å². The Bertz CT molecular complexity index is 906. The fourth-order valence-electron chi connectivity index (χ4n) is 3.40. The van der Waals surface area contributed by atoms with Crippen LogP contribution in [0.5, 0.6) is 0 Å². The third kappa shape index (κ3) is 3.94. The molecule has 1 saturated heterocycles. The van der Waals surface area contributed by atoms with Crippen LogP contribution in [0.2, 0.25) is 0 Å². The smallest absolute Gasteiger partial charge is 0.263 e. The first-order chi connectivity index (χ1) is 13.1. The molecule has 0 aromatic carbocycles. The summed E-state index contributed by atoms with van der Waals surface area (Å²) in [5.74, 6) is 2.28. The number of aromatic nitrogens is 2. The highest BCUT2D eigenvalue weighted by molar-refractivity contribution is 7.99. The number of hydrogen-bond donors (Lipinski definition) is 1. The minimum absolute atomic E-state index is 0.112. The fraction of sp³-hybridized carbons (Fsp3) is 0.529. The summed E-state index contributed by atoms with van der Waals surface area (Å²) < 4.78 is 29.4. The minimum Gasteiger partial charge on any atom is -0.346 e. The molecule has 0 spiro atoms. The Kier molecular flexibility index (Phi) is 5.58. The number of carbonyl (C=O) groups is 1. The number of nitrogens with one attached hydrogen (secondary N) is 1. The van der Waals surface area contributed by atoms with E-state index in [4.69, 9.17) is 0 Å². The van der Waals surface area contributed by atoms with E-state index in [9.17, 15) is 13.2 Å². The van der Waals surface area contributed by atoms with Gasteiger partial charge in [-0.15, -0.1) is 11.3 Å². The van der Waals surface area contributed by atoms with Gasteiger partial charge >= 0.3 is 0 Å². The summed E-state index contributed by atoms with van der Waals surface area (Å²) in [6, 6.07) is 1.53. The zero-order valence-corrected chi connectivity index (χ0v) is 17.3. The van der Waals surface area contributed by atoms with Crippen LogP contribution in [0.25, 0.3) is 0 Å². The number of nitrogens with zero attached hydrogens (tertiary/aromatic N) is 3. The number of fused-ring (bicyclic) bond motifs is 1. The average molecular weight is 427 g/mol. The van der Waals surface area contributed by atoms with E-state index in [-0.39, 0.29) is 15.7 Å². The maximum absolute atomic E-state index is 12.9. The van der Waals surface area contributed by atoms with E-state index in [1.165, 1.54) is 10.4 Å². The second-order valence-electron chi connectivity index (χ2n) is 6.61.